The minimum absolute atomic E-state index is 0.000879. The van der Waals surface area contributed by atoms with E-state index in [9.17, 15) is 19.7 Å². The summed E-state index contributed by atoms with van der Waals surface area (Å²) in [4.78, 5) is 35.9. The highest BCUT2D eigenvalue weighted by Gasteiger charge is 2.28. The molecule has 1 aromatic carbocycles. The molecule has 7 nitrogen and oxygen atoms in total. The van der Waals surface area contributed by atoms with Crippen LogP contribution in [0.2, 0.25) is 0 Å². The van der Waals surface area contributed by atoms with E-state index in [0.717, 1.165) is 0 Å². The maximum Gasteiger partial charge on any atom is 0.308 e. The second kappa shape index (κ2) is 6.55. The van der Waals surface area contributed by atoms with Crippen LogP contribution in [0.25, 0.3) is 0 Å². The fourth-order valence-electron chi connectivity index (χ4n) is 2.66. The first-order valence-electron chi connectivity index (χ1n) is 7.06. The van der Waals surface area contributed by atoms with Gasteiger partial charge in [0.2, 0.25) is 0 Å². The predicted octanol–water partition coefficient (Wildman–Crippen LogP) is 1.93. The summed E-state index contributed by atoms with van der Waals surface area (Å²) in [6.07, 6.45) is 1.15. The van der Waals surface area contributed by atoms with Crippen LogP contribution >= 0.6 is 0 Å². The molecule has 1 heterocycles. The molecule has 0 aliphatic carbocycles. The number of carbonyl (C=O) groups is 2. The molecule has 0 N–H and O–H groups in total. The molecule has 1 aliphatic heterocycles. The predicted molar refractivity (Wildman–Crippen MR) is 78.5 cm³/mol. The van der Waals surface area contributed by atoms with E-state index < -0.39 is 4.92 Å². The second-order valence-corrected chi connectivity index (χ2v) is 5.35. The SMILES string of the molecule is COC(=O)C1CCN(C(=O)c2ccc([N+](=O)[O-])c(C)c2)CC1. The first kappa shape index (κ1) is 15.9. The van der Waals surface area contributed by atoms with Crippen molar-refractivity contribution in [2.45, 2.75) is 19.8 Å². The van der Waals surface area contributed by atoms with Crippen molar-refractivity contribution < 1.29 is 19.2 Å². The van der Waals surface area contributed by atoms with Crippen molar-refractivity contribution in [3.8, 4) is 0 Å². The number of amides is 1. The lowest BCUT2D eigenvalue weighted by molar-refractivity contribution is -0.385. The lowest BCUT2D eigenvalue weighted by Crippen LogP contribution is -2.40. The Hall–Kier alpha value is -2.44. The zero-order valence-electron chi connectivity index (χ0n) is 12.6. The Morgan fingerprint density at radius 2 is 1.95 bits per heavy atom. The number of carbonyl (C=O) groups excluding carboxylic acids is 2. The van der Waals surface area contributed by atoms with E-state index in [4.69, 9.17) is 4.74 Å². The summed E-state index contributed by atoms with van der Waals surface area (Å²) in [5, 5.41) is 10.8. The van der Waals surface area contributed by atoms with Crippen LogP contribution in [0, 0.1) is 23.0 Å². The van der Waals surface area contributed by atoms with Gasteiger partial charge in [-0.1, -0.05) is 0 Å². The molecular weight excluding hydrogens is 288 g/mol. The molecule has 1 aliphatic rings. The van der Waals surface area contributed by atoms with Crippen LogP contribution in [0.1, 0.15) is 28.8 Å². The molecular formula is C15H18N2O5. The number of ether oxygens (including phenoxy) is 1. The standard InChI is InChI=1S/C15H18N2O5/c1-10-9-12(3-4-13(10)17(20)21)14(18)16-7-5-11(6-8-16)15(19)22-2/h3-4,9,11H,5-8H2,1-2H3. The number of piperidine rings is 1. The fraction of sp³-hybridized carbons (Fsp3) is 0.467. The van der Waals surface area contributed by atoms with E-state index >= 15 is 0 Å². The Balaban J connectivity index is 2.05. The van der Waals surface area contributed by atoms with Gasteiger partial charge in [0.15, 0.2) is 0 Å². The molecule has 0 spiro atoms. The summed E-state index contributed by atoms with van der Waals surface area (Å²) in [5.74, 6) is -0.563. The van der Waals surface area contributed by atoms with Gasteiger partial charge >= 0.3 is 5.97 Å². The molecule has 1 saturated heterocycles. The van der Waals surface area contributed by atoms with Crippen LogP contribution < -0.4 is 0 Å². The highest BCUT2D eigenvalue weighted by atomic mass is 16.6. The van der Waals surface area contributed by atoms with Crippen molar-refractivity contribution in [2.24, 2.45) is 5.92 Å². The van der Waals surface area contributed by atoms with Gasteiger partial charge in [-0.15, -0.1) is 0 Å². The fourth-order valence-corrected chi connectivity index (χ4v) is 2.66. The van der Waals surface area contributed by atoms with Gasteiger partial charge in [-0.05, 0) is 31.9 Å². The molecule has 1 amide bonds. The number of rotatable bonds is 3. The number of benzene rings is 1. The average Bonchev–Trinajstić information content (AvgIpc) is 2.53. The summed E-state index contributed by atoms with van der Waals surface area (Å²) in [6, 6.07) is 4.36. The number of likely N-dealkylation sites (tertiary alicyclic amines) is 1. The lowest BCUT2D eigenvalue weighted by atomic mass is 9.96. The van der Waals surface area contributed by atoms with Crippen LogP contribution in [-0.2, 0) is 9.53 Å². The molecule has 0 atom stereocenters. The summed E-state index contributed by atoms with van der Waals surface area (Å²) in [6.45, 7) is 2.57. The minimum Gasteiger partial charge on any atom is -0.469 e. The Morgan fingerprint density at radius 1 is 1.32 bits per heavy atom. The first-order valence-corrected chi connectivity index (χ1v) is 7.06. The summed E-state index contributed by atoms with van der Waals surface area (Å²) in [5.41, 5.74) is 0.890. The Kier molecular flexibility index (Phi) is 4.75. The minimum atomic E-state index is -0.467. The summed E-state index contributed by atoms with van der Waals surface area (Å²) >= 11 is 0. The van der Waals surface area contributed by atoms with Crippen LogP contribution in [0.15, 0.2) is 18.2 Å². The van der Waals surface area contributed by atoms with E-state index in [2.05, 4.69) is 0 Å². The molecule has 118 valence electrons. The maximum atomic E-state index is 12.4. The highest BCUT2D eigenvalue weighted by molar-refractivity contribution is 5.95. The number of hydrogen-bond acceptors (Lipinski definition) is 5. The third-order valence-corrected chi connectivity index (χ3v) is 3.96. The second-order valence-electron chi connectivity index (χ2n) is 5.35. The van der Waals surface area contributed by atoms with Crippen molar-refractivity contribution >= 4 is 17.6 Å². The van der Waals surface area contributed by atoms with E-state index in [-0.39, 0.29) is 23.5 Å². The van der Waals surface area contributed by atoms with Crippen LogP contribution in [0.5, 0.6) is 0 Å². The van der Waals surface area contributed by atoms with E-state index in [1.807, 2.05) is 0 Å². The molecule has 1 fully saturated rings. The Labute approximate surface area is 128 Å². The number of nitro benzene ring substituents is 1. The van der Waals surface area contributed by atoms with Gasteiger partial charge in [-0.3, -0.25) is 19.7 Å². The number of nitrogens with zero attached hydrogens (tertiary/aromatic N) is 2. The zero-order chi connectivity index (χ0) is 16.3. The van der Waals surface area contributed by atoms with E-state index in [1.54, 1.807) is 11.8 Å². The molecule has 0 radical (unpaired) electrons. The highest BCUT2D eigenvalue weighted by Crippen LogP contribution is 2.23. The van der Waals surface area contributed by atoms with Crippen molar-refractivity contribution in [1.29, 1.82) is 0 Å². The van der Waals surface area contributed by atoms with Crippen molar-refractivity contribution in [2.75, 3.05) is 20.2 Å². The smallest absolute Gasteiger partial charge is 0.308 e. The number of hydrogen-bond donors (Lipinski definition) is 0. The quantitative estimate of drug-likeness (QED) is 0.483. The molecule has 0 saturated carbocycles. The van der Waals surface area contributed by atoms with Gasteiger partial charge < -0.3 is 9.64 Å². The van der Waals surface area contributed by atoms with Gasteiger partial charge in [0, 0.05) is 30.3 Å². The number of esters is 1. The number of aryl methyl sites for hydroxylation is 1. The van der Waals surface area contributed by atoms with Crippen molar-refractivity contribution in [3.63, 3.8) is 0 Å². The topological polar surface area (TPSA) is 89.8 Å². The molecule has 0 aromatic heterocycles. The molecule has 7 heteroatoms. The van der Waals surface area contributed by atoms with Gasteiger partial charge in [0.05, 0.1) is 18.0 Å². The zero-order valence-corrected chi connectivity index (χ0v) is 12.6. The normalized spacial score (nSPS) is 15.5. The van der Waals surface area contributed by atoms with E-state index in [0.29, 0.717) is 37.1 Å². The van der Waals surface area contributed by atoms with Gasteiger partial charge in [0.25, 0.3) is 11.6 Å². The molecule has 2 rings (SSSR count). The molecule has 1 aromatic rings. The molecule has 22 heavy (non-hydrogen) atoms. The van der Waals surface area contributed by atoms with E-state index in [1.165, 1.54) is 25.3 Å². The summed E-state index contributed by atoms with van der Waals surface area (Å²) < 4.78 is 4.72. The number of nitro groups is 1. The van der Waals surface area contributed by atoms with Gasteiger partial charge in [-0.2, -0.15) is 0 Å². The van der Waals surface area contributed by atoms with Crippen LogP contribution in [-0.4, -0.2) is 41.9 Å². The lowest BCUT2D eigenvalue weighted by Gasteiger charge is -2.30. The Morgan fingerprint density at radius 3 is 2.45 bits per heavy atom. The monoisotopic (exact) mass is 306 g/mol. The van der Waals surface area contributed by atoms with Crippen molar-refractivity contribution in [3.05, 3.63) is 39.4 Å². The van der Waals surface area contributed by atoms with Gasteiger partial charge in [-0.25, -0.2) is 0 Å². The van der Waals surface area contributed by atoms with Gasteiger partial charge in [0.1, 0.15) is 0 Å². The average molecular weight is 306 g/mol. The Bertz CT molecular complexity index is 606. The third kappa shape index (κ3) is 3.24. The number of methoxy groups -OCH3 is 1. The third-order valence-electron chi connectivity index (χ3n) is 3.96. The summed E-state index contributed by atoms with van der Waals surface area (Å²) in [7, 11) is 1.36. The molecule has 0 unspecified atom stereocenters. The largest absolute Gasteiger partial charge is 0.469 e. The maximum absolute atomic E-state index is 12.4. The molecule has 0 bridgehead atoms. The first-order chi connectivity index (χ1) is 10.4. The van der Waals surface area contributed by atoms with Crippen LogP contribution in [0.4, 0.5) is 5.69 Å². The van der Waals surface area contributed by atoms with Crippen LogP contribution in [0.3, 0.4) is 0 Å². The van der Waals surface area contributed by atoms with Crippen molar-refractivity contribution in [1.82, 2.24) is 4.90 Å².